The highest BCUT2D eigenvalue weighted by molar-refractivity contribution is 7.99. The Balaban J connectivity index is 2.06. The van der Waals surface area contributed by atoms with Gasteiger partial charge in [0.25, 0.3) is 0 Å². The largest absolute Gasteiger partial charge is 0.334 e. The number of nitrogens with one attached hydrogen (secondary N) is 1. The molecule has 0 aliphatic rings. The molecule has 1 aromatic heterocycles. The number of imidazole rings is 1. The maximum Gasteiger partial charge on any atom is 0.126 e. The molecule has 0 aliphatic heterocycles. The second kappa shape index (κ2) is 8.20. The first-order chi connectivity index (χ1) is 10.2. The normalized spacial score (nSPS) is 12.5. The van der Waals surface area contributed by atoms with E-state index in [0.717, 1.165) is 36.0 Å². The molecule has 114 valence electrons. The molecule has 1 aromatic carbocycles. The summed E-state index contributed by atoms with van der Waals surface area (Å²) >= 11 is 1.65. The van der Waals surface area contributed by atoms with Crippen LogP contribution in [0, 0.1) is 5.82 Å². The zero-order valence-corrected chi connectivity index (χ0v) is 13.4. The van der Waals surface area contributed by atoms with E-state index in [1.54, 1.807) is 23.9 Å². The molecular formula is C16H22FN3S. The van der Waals surface area contributed by atoms with Gasteiger partial charge in [0.15, 0.2) is 0 Å². The van der Waals surface area contributed by atoms with Crippen molar-refractivity contribution in [3.63, 3.8) is 0 Å². The van der Waals surface area contributed by atoms with Gasteiger partial charge in [0, 0.05) is 29.6 Å². The lowest BCUT2D eigenvalue weighted by atomic mass is 10.3. The highest BCUT2D eigenvalue weighted by Gasteiger charge is 2.16. The Hall–Kier alpha value is -1.33. The molecule has 21 heavy (non-hydrogen) atoms. The fourth-order valence-corrected chi connectivity index (χ4v) is 3.27. The van der Waals surface area contributed by atoms with Gasteiger partial charge in [0.05, 0.1) is 6.04 Å². The molecule has 1 heterocycles. The van der Waals surface area contributed by atoms with Crippen molar-refractivity contribution < 1.29 is 4.39 Å². The summed E-state index contributed by atoms with van der Waals surface area (Å²) in [6, 6.07) is 6.91. The maximum absolute atomic E-state index is 13.2. The Morgan fingerprint density at radius 1 is 1.38 bits per heavy atom. The van der Waals surface area contributed by atoms with Crippen molar-refractivity contribution in [2.45, 2.75) is 37.8 Å². The van der Waals surface area contributed by atoms with E-state index in [0.29, 0.717) is 0 Å². The van der Waals surface area contributed by atoms with Crippen LogP contribution in [0.5, 0.6) is 0 Å². The highest BCUT2D eigenvalue weighted by atomic mass is 32.2. The van der Waals surface area contributed by atoms with Crippen LogP contribution in [-0.2, 0) is 6.54 Å². The number of nitrogens with zero attached hydrogens (tertiary/aromatic N) is 2. The van der Waals surface area contributed by atoms with Crippen molar-refractivity contribution >= 4 is 11.8 Å². The molecule has 2 rings (SSSR count). The first kappa shape index (κ1) is 16.0. The predicted molar refractivity (Wildman–Crippen MR) is 86.1 cm³/mol. The minimum Gasteiger partial charge on any atom is -0.334 e. The molecule has 0 amide bonds. The van der Waals surface area contributed by atoms with E-state index in [2.05, 4.69) is 28.7 Å². The Morgan fingerprint density at radius 2 is 2.24 bits per heavy atom. The third kappa shape index (κ3) is 4.58. The predicted octanol–water partition coefficient (Wildman–Crippen LogP) is 3.88. The van der Waals surface area contributed by atoms with Crippen LogP contribution in [0.1, 0.15) is 32.1 Å². The van der Waals surface area contributed by atoms with E-state index < -0.39 is 0 Å². The molecule has 3 nitrogen and oxygen atoms in total. The number of thioether (sulfide) groups is 1. The lowest BCUT2D eigenvalue weighted by Crippen LogP contribution is -2.26. The summed E-state index contributed by atoms with van der Waals surface area (Å²) in [5.41, 5.74) is 0. The van der Waals surface area contributed by atoms with Gasteiger partial charge < -0.3 is 9.88 Å². The summed E-state index contributed by atoms with van der Waals surface area (Å²) in [6.07, 6.45) is 4.96. The molecule has 1 N–H and O–H groups in total. The molecule has 0 fully saturated rings. The Morgan fingerprint density at radius 3 is 2.95 bits per heavy atom. The summed E-state index contributed by atoms with van der Waals surface area (Å²) in [5, 5.41) is 3.47. The zero-order chi connectivity index (χ0) is 15.1. The Kier molecular flexibility index (Phi) is 6.26. The molecule has 2 aromatic rings. The lowest BCUT2D eigenvalue weighted by molar-refractivity contribution is 0.527. The fourth-order valence-electron chi connectivity index (χ4n) is 2.27. The first-order valence-corrected chi connectivity index (χ1v) is 8.36. The summed E-state index contributed by atoms with van der Waals surface area (Å²) in [4.78, 5) is 5.45. The third-order valence-corrected chi connectivity index (χ3v) is 4.27. The van der Waals surface area contributed by atoms with E-state index in [1.165, 1.54) is 6.07 Å². The number of aromatic nitrogens is 2. The molecule has 0 spiro atoms. The van der Waals surface area contributed by atoms with Gasteiger partial charge in [-0.05, 0) is 31.2 Å². The highest BCUT2D eigenvalue weighted by Crippen LogP contribution is 2.24. The molecule has 0 saturated carbocycles. The molecule has 1 unspecified atom stereocenters. The van der Waals surface area contributed by atoms with Gasteiger partial charge in [0.1, 0.15) is 11.6 Å². The van der Waals surface area contributed by atoms with Crippen molar-refractivity contribution in [3.8, 4) is 0 Å². The monoisotopic (exact) mass is 307 g/mol. The van der Waals surface area contributed by atoms with E-state index in [-0.39, 0.29) is 11.9 Å². The number of hydrogen-bond donors (Lipinski definition) is 1. The van der Waals surface area contributed by atoms with E-state index in [9.17, 15) is 4.39 Å². The minimum atomic E-state index is -0.188. The van der Waals surface area contributed by atoms with E-state index in [1.807, 2.05) is 18.5 Å². The number of aryl methyl sites for hydroxylation is 1. The number of halogens is 1. The van der Waals surface area contributed by atoms with E-state index >= 15 is 0 Å². The third-order valence-electron chi connectivity index (χ3n) is 3.19. The molecule has 5 heteroatoms. The van der Waals surface area contributed by atoms with Crippen LogP contribution in [0.2, 0.25) is 0 Å². The molecule has 0 bridgehead atoms. The second-order valence-electron chi connectivity index (χ2n) is 4.86. The summed E-state index contributed by atoms with van der Waals surface area (Å²) < 4.78 is 15.4. The van der Waals surface area contributed by atoms with Crippen molar-refractivity contribution in [2.24, 2.45) is 0 Å². The van der Waals surface area contributed by atoms with Crippen LogP contribution in [0.4, 0.5) is 4.39 Å². The molecule has 0 radical (unpaired) electrons. The molecule has 1 atom stereocenters. The SMILES string of the molecule is CCCn1ccnc1C(CSc1cccc(F)c1)NCC. The lowest BCUT2D eigenvalue weighted by Gasteiger charge is -2.18. The van der Waals surface area contributed by atoms with E-state index in [4.69, 9.17) is 0 Å². The van der Waals surface area contributed by atoms with Crippen LogP contribution in [0.25, 0.3) is 0 Å². The van der Waals surface area contributed by atoms with Crippen molar-refractivity contribution in [1.29, 1.82) is 0 Å². The van der Waals surface area contributed by atoms with Crippen LogP contribution in [-0.4, -0.2) is 21.8 Å². The van der Waals surface area contributed by atoms with Gasteiger partial charge in [-0.3, -0.25) is 0 Å². The smallest absolute Gasteiger partial charge is 0.126 e. The maximum atomic E-state index is 13.2. The molecular weight excluding hydrogens is 285 g/mol. The van der Waals surface area contributed by atoms with Gasteiger partial charge in [-0.15, -0.1) is 11.8 Å². The number of hydrogen-bond acceptors (Lipinski definition) is 3. The summed E-state index contributed by atoms with van der Waals surface area (Å²) in [6.45, 7) is 6.11. The number of benzene rings is 1. The van der Waals surface area contributed by atoms with Crippen molar-refractivity contribution in [3.05, 3.63) is 48.3 Å². The average Bonchev–Trinajstić information content (AvgIpc) is 2.92. The van der Waals surface area contributed by atoms with Crippen LogP contribution in [0.15, 0.2) is 41.6 Å². The average molecular weight is 307 g/mol. The Labute approximate surface area is 130 Å². The summed E-state index contributed by atoms with van der Waals surface area (Å²) in [7, 11) is 0. The van der Waals surface area contributed by atoms with Gasteiger partial charge >= 0.3 is 0 Å². The quantitative estimate of drug-likeness (QED) is 0.751. The van der Waals surface area contributed by atoms with Crippen LogP contribution in [0.3, 0.4) is 0 Å². The van der Waals surface area contributed by atoms with Crippen molar-refractivity contribution in [1.82, 2.24) is 14.9 Å². The minimum absolute atomic E-state index is 0.171. The first-order valence-electron chi connectivity index (χ1n) is 7.37. The fraction of sp³-hybridized carbons (Fsp3) is 0.438. The van der Waals surface area contributed by atoms with Crippen LogP contribution < -0.4 is 5.32 Å². The number of rotatable bonds is 8. The Bertz CT molecular complexity index is 556. The van der Waals surface area contributed by atoms with Gasteiger partial charge in [-0.25, -0.2) is 9.37 Å². The summed E-state index contributed by atoms with van der Waals surface area (Å²) in [5.74, 6) is 1.70. The van der Waals surface area contributed by atoms with Gasteiger partial charge in [-0.1, -0.05) is 19.9 Å². The van der Waals surface area contributed by atoms with Gasteiger partial charge in [0.2, 0.25) is 0 Å². The topological polar surface area (TPSA) is 29.9 Å². The molecule has 0 aliphatic carbocycles. The van der Waals surface area contributed by atoms with Crippen LogP contribution >= 0.6 is 11.8 Å². The van der Waals surface area contributed by atoms with Crippen molar-refractivity contribution in [2.75, 3.05) is 12.3 Å². The standard InChI is InChI=1S/C16H22FN3S/c1-3-9-20-10-8-19-16(20)15(18-4-2)12-21-14-7-5-6-13(17)11-14/h5-8,10-11,15,18H,3-4,9,12H2,1-2H3. The molecule has 0 saturated heterocycles. The second-order valence-corrected chi connectivity index (χ2v) is 5.95. The van der Waals surface area contributed by atoms with Gasteiger partial charge in [-0.2, -0.15) is 0 Å². The zero-order valence-electron chi connectivity index (χ0n) is 12.6.